The lowest BCUT2D eigenvalue weighted by Gasteiger charge is -2.13. The van der Waals surface area contributed by atoms with Gasteiger partial charge in [0.15, 0.2) is 0 Å². The first-order valence-electron chi connectivity index (χ1n) is 6.84. The van der Waals surface area contributed by atoms with Crippen LogP contribution in [0, 0.1) is 0 Å². The van der Waals surface area contributed by atoms with E-state index in [9.17, 15) is 4.79 Å². The number of amides is 1. The molecule has 0 spiro atoms. The zero-order valence-corrected chi connectivity index (χ0v) is 12.5. The molecule has 1 heterocycles. The summed E-state index contributed by atoms with van der Waals surface area (Å²) in [5, 5.41) is 8.19. The highest BCUT2D eigenvalue weighted by molar-refractivity contribution is 7.12. The highest BCUT2D eigenvalue weighted by atomic mass is 32.1. The lowest BCUT2D eigenvalue weighted by molar-refractivity contribution is 0.0958. The van der Waals surface area contributed by atoms with E-state index in [0.29, 0.717) is 12.5 Å². The number of thiophene rings is 1. The fraction of sp³-hybridized carbons (Fsp3) is 0.312. The highest BCUT2D eigenvalue weighted by Gasteiger charge is 2.06. The molecule has 4 heteroatoms. The molecule has 0 aliphatic carbocycles. The molecular weight excluding hydrogens is 268 g/mol. The highest BCUT2D eigenvalue weighted by Crippen LogP contribution is 2.12. The predicted molar refractivity (Wildman–Crippen MR) is 84.4 cm³/mol. The van der Waals surface area contributed by atoms with E-state index < -0.39 is 0 Å². The van der Waals surface area contributed by atoms with E-state index in [1.54, 1.807) is 0 Å². The Morgan fingerprint density at radius 1 is 1.15 bits per heavy atom. The second kappa shape index (κ2) is 7.82. The number of carbonyl (C=O) groups excluding carboxylic acids is 1. The molecule has 1 amide bonds. The molecule has 1 aromatic heterocycles. The molecule has 2 aromatic rings. The molecular formula is C16H20N2OS. The van der Waals surface area contributed by atoms with Crippen molar-refractivity contribution in [1.82, 2.24) is 10.6 Å². The molecule has 0 bridgehead atoms. The maximum Gasteiger partial charge on any atom is 0.261 e. The molecule has 1 atom stereocenters. The number of hydrogen-bond acceptors (Lipinski definition) is 3. The van der Waals surface area contributed by atoms with Gasteiger partial charge >= 0.3 is 0 Å². The van der Waals surface area contributed by atoms with Crippen LogP contribution in [0.5, 0.6) is 0 Å². The van der Waals surface area contributed by atoms with E-state index in [4.69, 9.17) is 0 Å². The molecule has 2 rings (SSSR count). The first-order valence-corrected chi connectivity index (χ1v) is 7.72. The molecule has 0 radical (unpaired) electrons. The molecule has 0 saturated heterocycles. The summed E-state index contributed by atoms with van der Waals surface area (Å²) in [6, 6.07) is 14.2. The van der Waals surface area contributed by atoms with Crippen LogP contribution >= 0.6 is 11.3 Å². The number of hydrogen-bond donors (Lipinski definition) is 2. The van der Waals surface area contributed by atoms with Gasteiger partial charge in [-0.25, -0.2) is 0 Å². The minimum atomic E-state index is 0.0120. The smallest absolute Gasteiger partial charge is 0.261 e. The van der Waals surface area contributed by atoms with E-state index >= 15 is 0 Å². The van der Waals surface area contributed by atoms with Gasteiger partial charge in [0, 0.05) is 19.6 Å². The fourth-order valence-electron chi connectivity index (χ4n) is 1.98. The van der Waals surface area contributed by atoms with Gasteiger partial charge in [0.05, 0.1) is 4.88 Å². The second-order valence-electron chi connectivity index (χ2n) is 4.75. The molecule has 0 fully saturated rings. The monoisotopic (exact) mass is 288 g/mol. The van der Waals surface area contributed by atoms with Crippen LogP contribution < -0.4 is 10.6 Å². The first kappa shape index (κ1) is 14.8. The van der Waals surface area contributed by atoms with Crippen molar-refractivity contribution >= 4 is 17.2 Å². The van der Waals surface area contributed by atoms with Crippen molar-refractivity contribution in [3.8, 4) is 0 Å². The Balaban J connectivity index is 1.61. The van der Waals surface area contributed by atoms with Gasteiger partial charge in [-0.05, 0) is 22.9 Å². The van der Waals surface area contributed by atoms with Crippen molar-refractivity contribution in [2.24, 2.45) is 0 Å². The van der Waals surface area contributed by atoms with Crippen LogP contribution in [0.25, 0.3) is 0 Å². The quantitative estimate of drug-likeness (QED) is 0.769. The summed E-state index contributed by atoms with van der Waals surface area (Å²) in [6.07, 6.45) is 0. The number of rotatable bonds is 7. The molecule has 0 aliphatic rings. The summed E-state index contributed by atoms with van der Waals surface area (Å²) >= 11 is 1.46. The van der Waals surface area contributed by atoms with Crippen LogP contribution in [0.3, 0.4) is 0 Å². The van der Waals surface area contributed by atoms with Crippen LogP contribution in [0.4, 0.5) is 0 Å². The predicted octanol–water partition coefficient (Wildman–Crippen LogP) is 2.87. The van der Waals surface area contributed by atoms with Gasteiger partial charge in [0.2, 0.25) is 0 Å². The van der Waals surface area contributed by atoms with E-state index in [1.165, 1.54) is 16.9 Å². The van der Waals surface area contributed by atoms with E-state index in [-0.39, 0.29) is 5.91 Å². The van der Waals surface area contributed by atoms with Crippen molar-refractivity contribution in [2.75, 3.05) is 19.6 Å². The third kappa shape index (κ3) is 4.47. The van der Waals surface area contributed by atoms with E-state index in [0.717, 1.165) is 18.0 Å². The molecule has 1 unspecified atom stereocenters. The lowest BCUT2D eigenvalue weighted by Crippen LogP contribution is -2.32. The average molecular weight is 288 g/mol. The fourth-order valence-corrected chi connectivity index (χ4v) is 2.62. The number of benzene rings is 1. The van der Waals surface area contributed by atoms with Gasteiger partial charge in [-0.2, -0.15) is 0 Å². The first-order chi connectivity index (χ1) is 9.77. The maximum atomic E-state index is 11.7. The van der Waals surface area contributed by atoms with Crippen LogP contribution in [0.15, 0.2) is 47.8 Å². The minimum Gasteiger partial charge on any atom is -0.350 e. The topological polar surface area (TPSA) is 41.1 Å². The molecule has 2 N–H and O–H groups in total. The SMILES string of the molecule is CC(CNCCNC(=O)c1cccs1)c1ccccc1. The summed E-state index contributed by atoms with van der Waals surface area (Å²) in [4.78, 5) is 12.5. The number of carbonyl (C=O) groups is 1. The van der Waals surface area contributed by atoms with Crippen LogP contribution in [0.1, 0.15) is 28.1 Å². The van der Waals surface area contributed by atoms with Crippen molar-refractivity contribution in [2.45, 2.75) is 12.8 Å². The van der Waals surface area contributed by atoms with E-state index in [2.05, 4.69) is 41.8 Å². The summed E-state index contributed by atoms with van der Waals surface area (Å²) in [6.45, 7) is 4.55. The summed E-state index contributed by atoms with van der Waals surface area (Å²) < 4.78 is 0. The zero-order valence-electron chi connectivity index (χ0n) is 11.6. The summed E-state index contributed by atoms with van der Waals surface area (Å²) in [5.74, 6) is 0.488. The Morgan fingerprint density at radius 3 is 2.65 bits per heavy atom. The average Bonchev–Trinajstić information content (AvgIpc) is 3.01. The molecule has 0 aliphatic heterocycles. The Hall–Kier alpha value is -1.65. The molecule has 1 aromatic carbocycles. The maximum absolute atomic E-state index is 11.7. The van der Waals surface area contributed by atoms with Crippen LogP contribution in [0.2, 0.25) is 0 Å². The minimum absolute atomic E-state index is 0.0120. The van der Waals surface area contributed by atoms with Crippen molar-refractivity contribution < 1.29 is 4.79 Å². The Bertz CT molecular complexity index is 511. The lowest BCUT2D eigenvalue weighted by atomic mass is 10.0. The molecule has 3 nitrogen and oxygen atoms in total. The van der Waals surface area contributed by atoms with Crippen LogP contribution in [-0.4, -0.2) is 25.5 Å². The third-order valence-electron chi connectivity index (χ3n) is 3.15. The molecule has 0 saturated carbocycles. The third-order valence-corrected chi connectivity index (χ3v) is 4.02. The molecule has 20 heavy (non-hydrogen) atoms. The Labute approximate surface area is 124 Å². The second-order valence-corrected chi connectivity index (χ2v) is 5.70. The van der Waals surface area contributed by atoms with Gasteiger partial charge in [-0.1, -0.05) is 43.3 Å². The standard InChI is InChI=1S/C16H20N2OS/c1-13(14-6-3-2-4-7-14)12-17-9-10-18-16(19)15-8-5-11-20-15/h2-8,11,13,17H,9-10,12H2,1H3,(H,18,19). The van der Waals surface area contributed by atoms with Gasteiger partial charge in [-0.3, -0.25) is 4.79 Å². The van der Waals surface area contributed by atoms with E-state index in [1.807, 2.05) is 23.6 Å². The van der Waals surface area contributed by atoms with Gasteiger partial charge < -0.3 is 10.6 Å². The number of nitrogens with one attached hydrogen (secondary N) is 2. The largest absolute Gasteiger partial charge is 0.350 e. The van der Waals surface area contributed by atoms with Crippen molar-refractivity contribution in [3.05, 3.63) is 58.3 Å². The zero-order chi connectivity index (χ0) is 14.2. The van der Waals surface area contributed by atoms with Gasteiger partial charge in [-0.15, -0.1) is 11.3 Å². The molecule has 106 valence electrons. The Kier molecular flexibility index (Phi) is 5.77. The van der Waals surface area contributed by atoms with Gasteiger partial charge in [0.1, 0.15) is 0 Å². The van der Waals surface area contributed by atoms with Crippen molar-refractivity contribution in [1.29, 1.82) is 0 Å². The van der Waals surface area contributed by atoms with Crippen molar-refractivity contribution in [3.63, 3.8) is 0 Å². The summed E-state index contributed by atoms with van der Waals surface area (Å²) in [7, 11) is 0. The Morgan fingerprint density at radius 2 is 1.95 bits per heavy atom. The van der Waals surface area contributed by atoms with Gasteiger partial charge in [0.25, 0.3) is 5.91 Å². The summed E-state index contributed by atoms with van der Waals surface area (Å²) in [5.41, 5.74) is 1.34. The van der Waals surface area contributed by atoms with Crippen LogP contribution in [-0.2, 0) is 0 Å². The normalized spacial score (nSPS) is 12.1.